The number of amides is 2. The summed E-state index contributed by atoms with van der Waals surface area (Å²) in [6, 6.07) is 11.0. The summed E-state index contributed by atoms with van der Waals surface area (Å²) in [5, 5.41) is 16.0. The van der Waals surface area contributed by atoms with Crippen molar-refractivity contribution in [3.63, 3.8) is 0 Å². The van der Waals surface area contributed by atoms with Crippen LogP contribution in [0.3, 0.4) is 0 Å². The number of nitrogen functional groups attached to an aromatic ring is 2. The number of nitrogens with two attached hydrogens (primary N) is 4. The molecule has 0 unspecified atom stereocenters. The van der Waals surface area contributed by atoms with Crippen LogP contribution in [-0.2, 0) is 49.6 Å². The van der Waals surface area contributed by atoms with E-state index in [4.69, 9.17) is 68.2 Å². The topological polar surface area (TPSA) is 365 Å². The summed E-state index contributed by atoms with van der Waals surface area (Å²) in [6.07, 6.45) is 20.2. The molecular weight excluding hydrogens is 1230 g/mol. The monoisotopic (exact) mass is 1340 g/mol. The molecule has 8 rings (SSSR count). The van der Waals surface area contributed by atoms with Gasteiger partial charge in [-0.2, -0.15) is 0 Å². The molecule has 8 aromatic rings. The van der Waals surface area contributed by atoms with Gasteiger partial charge in [0.15, 0.2) is 11.6 Å². The van der Waals surface area contributed by atoms with Crippen LogP contribution >= 0.6 is 11.6 Å². The van der Waals surface area contributed by atoms with Crippen molar-refractivity contribution in [2.75, 3.05) is 57.5 Å². The summed E-state index contributed by atoms with van der Waals surface area (Å²) in [6.45, 7) is 29.5. The molecule has 0 saturated heterocycles. The van der Waals surface area contributed by atoms with Crippen molar-refractivity contribution in [1.29, 1.82) is 0 Å². The lowest BCUT2D eigenvalue weighted by Crippen LogP contribution is -2.39. The van der Waals surface area contributed by atoms with E-state index in [-0.39, 0.29) is 30.3 Å². The Hall–Kier alpha value is -7.75. The Bertz CT molecular complexity index is 3580. The fourth-order valence-electron chi connectivity index (χ4n) is 9.66. The van der Waals surface area contributed by atoms with Crippen LogP contribution in [0.5, 0.6) is 0 Å². The van der Waals surface area contributed by atoms with Gasteiger partial charge >= 0.3 is 17.9 Å². The molecule has 10 N–H and O–H groups in total. The Balaban J connectivity index is 0.000000323. The minimum atomic E-state index is -0.797. The summed E-state index contributed by atoms with van der Waals surface area (Å²) in [5.41, 5.74) is 29.8. The number of rotatable bonds is 29. The third-order valence-corrected chi connectivity index (χ3v) is 14.2. The first-order chi connectivity index (χ1) is 45.0. The zero-order chi connectivity index (χ0) is 69.3. The molecule has 0 aliphatic heterocycles. The number of ether oxygens (including phenoxy) is 5. The highest BCUT2D eigenvalue weighted by atomic mass is 35.5. The molecule has 0 atom stereocenters. The molecule has 0 aliphatic carbocycles. The van der Waals surface area contributed by atoms with E-state index >= 15 is 0 Å². The molecule has 526 valence electrons. The van der Waals surface area contributed by atoms with Gasteiger partial charge < -0.3 is 66.4 Å². The van der Waals surface area contributed by atoms with Crippen molar-refractivity contribution in [2.24, 2.45) is 11.5 Å². The van der Waals surface area contributed by atoms with Gasteiger partial charge in [-0.3, -0.25) is 25.1 Å². The SMILES string of the molecule is C.CC(C)(C)OC(=O)NCCCCN.CCCCC(OCC)(OCC)OCC.CCCCc1nc2c(N)nc3cccnc3c2n1CCCCN.CCCCc1nc2c(N)nc3cccnc3c2n1CCCCNC(=O)OC(C)(C)C.O=[N+]([O-])c1cnc2cccnc2c1Cl. The molecule has 2 amide bonds. The van der Waals surface area contributed by atoms with Crippen molar-refractivity contribution >= 4 is 96.3 Å². The van der Waals surface area contributed by atoms with Crippen LogP contribution in [0.4, 0.5) is 26.9 Å². The molecule has 0 radical (unpaired) electrons. The molecule has 0 saturated carbocycles. The van der Waals surface area contributed by atoms with Crippen LogP contribution in [-0.4, -0.2) is 129 Å². The number of carbonyl (C=O) groups is 2. The average molecular weight is 1340 g/mol. The van der Waals surface area contributed by atoms with E-state index in [0.29, 0.717) is 68.7 Å². The number of alkyl carbamates (subject to hydrolysis) is 2. The normalized spacial score (nSPS) is 11.4. The Morgan fingerprint density at radius 2 is 0.958 bits per heavy atom. The van der Waals surface area contributed by atoms with Crippen LogP contribution in [0.1, 0.15) is 186 Å². The number of nitrogens with one attached hydrogen (secondary N) is 2. The second-order valence-electron chi connectivity index (χ2n) is 23.9. The molecule has 95 heavy (non-hydrogen) atoms. The van der Waals surface area contributed by atoms with Gasteiger partial charge in [0, 0.05) is 83.9 Å². The minimum absolute atomic E-state index is 0. The Kier molecular flexibility index (Phi) is 36.0. The molecule has 27 heteroatoms. The Morgan fingerprint density at radius 1 is 0.558 bits per heavy atom. The number of hydrogen-bond donors (Lipinski definition) is 6. The van der Waals surface area contributed by atoms with Gasteiger partial charge in [-0.1, -0.05) is 59.1 Å². The van der Waals surface area contributed by atoms with Gasteiger partial charge in [0.2, 0.25) is 0 Å². The molecule has 0 aromatic carbocycles. The first kappa shape index (κ1) is 81.5. The molecule has 26 nitrogen and oxygen atoms in total. The van der Waals surface area contributed by atoms with Crippen molar-refractivity contribution < 1.29 is 38.2 Å². The first-order valence-corrected chi connectivity index (χ1v) is 33.4. The predicted molar refractivity (Wildman–Crippen MR) is 381 cm³/mol. The number of nitro groups is 1. The highest BCUT2D eigenvalue weighted by molar-refractivity contribution is 6.36. The highest BCUT2D eigenvalue weighted by Gasteiger charge is 2.31. The number of unbranched alkanes of at least 4 members (excludes halogenated alkanes) is 6. The number of halogens is 1. The summed E-state index contributed by atoms with van der Waals surface area (Å²) < 4.78 is 31.5. The number of aryl methyl sites for hydroxylation is 4. The van der Waals surface area contributed by atoms with Crippen molar-refractivity contribution in [3.05, 3.63) is 88.0 Å². The zero-order valence-electron chi connectivity index (χ0n) is 57.5. The van der Waals surface area contributed by atoms with Crippen molar-refractivity contribution in [2.45, 2.75) is 217 Å². The van der Waals surface area contributed by atoms with Gasteiger partial charge in [0.25, 0.3) is 5.97 Å². The Morgan fingerprint density at radius 3 is 1.36 bits per heavy atom. The second kappa shape index (κ2) is 41.9. The maximum absolute atomic E-state index is 11.8. The number of hydrogen-bond acceptors (Lipinski definition) is 21. The molecule has 0 aliphatic rings. The number of fused-ring (bicyclic) bond motifs is 7. The Labute approximate surface area is 565 Å². The maximum Gasteiger partial charge on any atom is 0.407 e. The van der Waals surface area contributed by atoms with E-state index < -0.39 is 22.1 Å². The van der Waals surface area contributed by atoms with Crippen LogP contribution < -0.4 is 33.6 Å². The summed E-state index contributed by atoms with van der Waals surface area (Å²) in [4.78, 5) is 68.2. The number of imidazole rings is 2. The number of anilines is 2. The minimum Gasteiger partial charge on any atom is -0.444 e. The van der Waals surface area contributed by atoms with Crippen LogP contribution in [0, 0.1) is 10.1 Å². The maximum atomic E-state index is 11.8. The van der Waals surface area contributed by atoms with Crippen molar-refractivity contribution in [1.82, 2.24) is 59.6 Å². The smallest absolute Gasteiger partial charge is 0.407 e. The summed E-state index contributed by atoms with van der Waals surface area (Å²) >= 11 is 5.79. The third kappa shape index (κ3) is 26.4. The lowest BCUT2D eigenvalue weighted by Gasteiger charge is -2.32. The fourth-order valence-corrected chi connectivity index (χ4v) is 9.93. The van der Waals surface area contributed by atoms with Gasteiger partial charge in [-0.15, -0.1) is 0 Å². The molecule has 0 bridgehead atoms. The zero-order valence-corrected chi connectivity index (χ0v) is 58.3. The number of carbonyl (C=O) groups excluding carboxylic acids is 2. The molecular formula is C68H108ClN17O9. The lowest BCUT2D eigenvalue weighted by molar-refractivity contribution is -0.384. The van der Waals surface area contributed by atoms with E-state index in [9.17, 15) is 19.7 Å². The third-order valence-electron chi connectivity index (χ3n) is 13.9. The van der Waals surface area contributed by atoms with Crippen LogP contribution in [0.2, 0.25) is 5.02 Å². The van der Waals surface area contributed by atoms with E-state index in [1.807, 2.05) is 86.6 Å². The largest absolute Gasteiger partial charge is 0.444 e. The number of nitrogens with zero attached hydrogens (tertiary/aromatic N) is 11. The fraction of sp³-hybridized carbons (Fsp3) is 0.588. The lowest BCUT2D eigenvalue weighted by atomic mass is 10.2. The van der Waals surface area contributed by atoms with Crippen LogP contribution in [0.15, 0.2) is 61.2 Å². The van der Waals surface area contributed by atoms with E-state index in [2.05, 4.69) is 70.4 Å². The van der Waals surface area contributed by atoms with Gasteiger partial charge in [0.05, 0.1) is 21.5 Å². The number of aromatic nitrogens is 10. The predicted octanol–water partition coefficient (Wildman–Crippen LogP) is 13.9. The molecule has 8 aromatic heterocycles. The molecule has 0 spiro atoms. The van der Waals surface area contributed by atoms with Gasteiger partial charge in [-0.25, -0.2) is 34.5 Å². The van der Waals surface area contributed by atoms with E-state index in [0.717, 1.165) is 171 Å². The van der Waals surface area contributed by atoms with Gasteiger partial charge in [-0.05, 0) is 170 Å². The van der Waals surface area contributed by atoms with E-state index in [1.54, 1.807) is 24.5 Å². The first-order valence-electron chi connectivity index (χ1n) is 33.0. The van der Waals surface area contributed by atoms with Gasteiger partial charge in [0.1, 0.15) is 72.7 Å². The average Bonchev–Trinajstić information content (AvgIpc) is 1.64. The van der Waals surface area contributed by atoms with E-state index in [1.165, 1.54) is 6.20 Å². The molecule has 8 heterocycles. The van der Waals surface area contributed by atoms with Crippen molar-refractivity contribution in [3.8, 4) is 0 Å². The standard InChI is InChI=1S/C22H32N6O2.C17H24N6.C11H24O3.C9H20N2O2.C8H4ClN3O2.CH4/c1-5-6-11-16-27-18-19(17-15(26-20(18)23)10-9-13-24-17)28(16)14-8-7-12-25-21(29)30-22(2,3)4;1-2-3-8-13-22-15-16(23(13)11-5-4-9-18)14-12(21-17(15)19)7-6-10-20-14;1-5-9-10-11(12-6-2,13-7-3)14-8-4;1-9(2,3)13-8(12)11-7-5-4-6-10;9-7-6(12(13)14)4-11-5-2-1-3-10-8(5)7;/h9-10,13H,5-8,11-12,14H2,1-4H3,(H2,23,26)(H,25,29);6-7,10H,2-5,8-9,11,18H2,1H3,(H2,19,21);5-10H2,1-4H3;4-7,10H2,1-3H3,(H,11,12);1-4H;1H4. The highest BCUT2D eigenvalue weighted by Crippen LogP contribution is 2.32. The summed E-state index contributed by atoms with van der Waals surface area (Å²) in [5.74, 6) is 2.21. The quantitative estimate of drug-likeness (QED) is 0.0110. The summed E-state index contributed by atoms with van der Waals surface area (Å²) in [7, 11) is 0. The molecule has 0 fully saturated rings. The second-order valence-corrected chi connectivity index (χ2v) is 24.3. The number of pyridine rings is 6. The van der Waals surface area contributed by atoms with Crippen LogP contribution in [0.25, 0.3) is 55.2 Å².